The molecule has 0 saturated carbocycles. The van der Waals surface area contributed by atoms with Crippen LogP contribution in [0.4, 0.5) is 0 Å². The predicted octanol–water partition coefficient (Wildman–Crippen LogP) is 4.36. The van der Waals surface area contributed by atoms with Gasteiger partial charge in [-0.1, -0.05) is 27.4 Å². The molecule has 0 amide bonds. The van der Waals surface area contributed by atoms with Crippen molar-refractivity contribution in [3.63, 3.8) is 0 Å². The Morgan fingerprint density at radius 3 is 2.21 bits per heavy atom. The lowest BCUT2D eigenvalue weighted by atomic mass is 9.82. The lowest BCUT2D eigenvalue weighted by Crippen LogP contribution is -2.22. The van der Waals surface area contributed by atoms with Gasteiger partial charge in [-0.05, 0) is 43.9 Å². The molecule has 0 fully saturated rings. The highest BCUT2D eigenvalue weighted by Crippen LogP contribution is 2.36. The molecule has 1 N–H and O–H groups in total. The highest BCUT2D eigenvalue weighted by atomic mass is 15.3. The minimum atomic E-state index is -0.0658. The summed E-state index contributed by atoms with van der Waals surface area (Å²) in [5, 5.41) is 12.0. The van der Waals surface area contributed by atoms with Crippen LogP contribution in [0.5, 0.6) is 0 Å². The van der Waals surface area contributed by atoms with Gasteiger partial charge in [-0.3, -0.25) is 4.68 Å². The van der Waals surface area contributed by atoms with Crippen LogP contribution in [0.15, 0.2) is 18.9 Å². The second-order valence-corrected chi connectivity index (χ2v) is 6.74. The van der Waals surface area contributed by atoms with Crippen molar-refractivity contribution in [2.75, 3.05) is 0 Å². The summed E-state index contributed by atoms with van der Waals surface area (Å²) in [6.07, 6.45) is 7.01. The normalized spacial score (nSPS) is 13.5. The van der Waals surface area contributed by atoms with Gasteiger partial charge >= 0.3 is 0 Å². The SMILES string of the molecule is C=Cc1nn(C(C)(C)C)cc1/C(=C\C=N)C(C)(C)C. The molecule has 19 heavy (non-hydrogen) atoms. The second-order valence-electron chi connectivity index (χ2n) is 6.74. The molecule has 0 saturated heterocycles. The Balaban J connectivity index is 3.48. The molecule has 0 aliphatic rings. The van der Waals surface area contributed by atoms with Gasteiger partial charge in [0.05, 0.1) is 11.2 Å². The van der Waals surface area contributed by atoms with E-state index < -0.39 is 0 Å². The lowest BCUT2D eigenvalue weighted by molar-refractivity contribution is 0.355. The van der Waals surface area contributed by atoms with Crippen LogP contribution in [0.2, 0.25) is 0 Å². The maximum absolute atomic E-state index is 7.37. The van der Waals surface area contributed by atoms with E-state index in [4.69, 9.17) is 5.41 Å². The fourth-order valence-electron chi connectivity index (χ4n) is 1.92. The second kappa shape index (κ2) is 5.16. The summed E-state index contributed by atoms with van der Waals surface area (Å²) in [5.74, 6) is 0. The fraction of sp³-hybridized carbons (Fsp3) is 0.500. The molecule has 3 heteroatoms. The van der Waals surface area contributed by atoms with Crippen LogP contribution in [-0.4, -0.2) is 16.0 Å². The van der Waals surface area contributed by atoms with Gasteiger partial charge in [-0.2, -0.15) is 5.10 Å². The molecule has 1 heterocycles. The zero-order valence-electron chi connectivity index (χ0n) is 12.9. The first-order valence-corrected chi connectivity index (χ1v) is 6.55. The molecule has 1 rings (SSSR count). The molecule has 0 spiro atoms. The first-order chi connectivity index (χ1) is 8.61. The van der Waals surface area contributed by atoms with E-state index in [1.54, 1.807) is 6.08 Å². The van der Waals surface area contributed by atoms with Crippen molar-refractivity contribution in [1.82, 2.24) is 9.78 Å². The Kier molecular flexibility index (Phi) is 4.18. The van der Waals surface area contributed by atoms with Crippen LogP contribution in [0.1, 0.15) is 52.8 Å². The monoisotopic (exact) mass is 259 g/mol. The third-order valence-corrected chi connectivity index (χ3v) is 2.97. The molecule has 0 unspecified atom stereocenters. The summed E-state index contributed by atoms with van der Waals surface area (Å²) >= 11 is 0. The van der Waals surface area contributed by atoms with E-state index in [1.165, 1.54) is 6.21 Å². The summed E-state index contributed by atoms with van der Waals surface area (Å²) < 4.78 is 1.96. The molecule has 1 aromatic rings. The summed E-state index contributed by atoms with van der Waals surface area (Å²) in [4.78, 5) is 0. The topological polar surface area (TPSA) is 41.7 Å². The number of hydrogen-bond acceptors (Lipinski definition) is 2. The molecule has 0 aromatic carbocycles. The maximum Gasteiger partial charge on any atom is 0.0920 e. The van der Waals surface area contributed by atoms with Gasteiger partial charge in [0.1, 0.15) is 0 Å². The summed E-state index contributed by atoms with van der Waals surface area (Å²) in [6, 6.07) is 0. The molecule has 0 aliphatic carbocycles. The molecule has 0 atom stereocenters. The molecule has 0 aliphatic heterocycles. The number of rotatable bonds is 3. The summed E-state index contributed by atoms with van der Waals surface area (Å²) in [6.45, 7) is 16.6. The van der Waals surface area contributed by atoms with E-state index in [2.05, 4.69) is 59.4 Å². The van der Waals surface area contributed by atoms with Crippen LogP contribution in [0.3, 0.4) is 0 Å². The average Bonchev–Trinajstić information content (AvgIpc) is 2.67. The van der Waals surface area contributed by atoms with Crippen LogP contribution >= 0.6 is 0 Å². The van der Waals surface area contributed by atoms with Crippen LogP contribution < -0.4 is 0 Å². The lowest BCUT2D eigenvalue weighted by Gasteiger charge is -2.23. The van der Waals surface area contributed by atoms with E-state index in [0.717, 1.165) is 16.8 Å². The van der Waals surface area contributed by atoms with Crippen molar-refractivity contribution in [1.29, 1.82) is 5.41 Å². The van der Waals surface area contributed by atoms with E-state index in [0.29, 0.717) is 0 Å². The fourth-order valence-corrected chi connectivity index (χ4v) is 1.92. The number of hydrogen-bond donors (Lipinski definition) is 1. The van der Waals surface area contributed by atoms with Crippen LogP contribution in [0, 0.1) is 10.8 Å². The van der Waals surface area contributed by atoms with Crippen molar-refractivity contribution in [3.8, 4) is 0 Å². The first kappa shape index (κ1) is 15.4. The number of allylic oxidation sites excluding steroid dienone is 2. The van der Waals surface area contributed by atoms with Gasteiger partial charge in [-0.15, -0.1) is 0 Å². The number of nitrogens with one attached hydrogen (secondary N) is 1. The zero-order valence-corrected chi connectivity index (χ0v) is 12.9. The molecular weight excluding hydrogens is 234 g/mol. The third-order valence-electron chi connectivity index (χ3n) is 2.97. The largest absolute Gasteiger partial charge is 0.309 e. The molecule has 104 valence electrons. The van der Waals surface area contributed by atoms with Crippen LogP contribution in [-0.2, 0) is 5.54 Å². The molecular formula is C16H25N3. The van der Waals surface area contributed by atoms with Gasteiger partial charge in [0, 0.05) is 18.0 Å². The average molecular weight is 259 g/mol. The van der Waals surface area contributed by atoms with E-state index >= 15 is 0 Å². The smallest absolute Gasteiger partial charge is 0.0920 e. The van der Waals surface area contributed by atoms with Gasteiger partial charge in [0.2, 0.25) is 0 Å². The zero-order chi connectivity index (χ0) is 14.8. The summed E-state index contributed by atoms with van der Waals surface area (Å²) in [7, 11) is 0. The van der Waals surface area contributed by atoms with Crippen molar-refractivity contribution in [3.05, 3.63) is 30.1 Å². The maximum atomic E-state index is 7.37. The Morgan fingerprint density at radius 1 is 1.26 bits per heavy atom. The van der Waals surface area contributed by atoms with Gasteiger partial charge in [0.25, 0.3) is 0 Å². The predicted molar refractivity (Wildman–Crippen MR) is 83.5 cm³/mol. The van der Waals surface area contributed by atoms with Crippen molar-refractivity contribution in [2.45, 2.75) is 47.1 Å². The molecule has 0 bridgehead atoms. The molecule has 3 nitrogen and oxygen atoms in total. The van der Waals surface area contributed by atoms with E-state index in [9.17, 15) is 0 Å². The number of nitrogens with zero attached hydrogens (tertiary/aromatic N) is 2. The minimum Gasteiger partial charge on any atom is -0.309 e. The number of aromatic nitrogens is 2. The van der Waals surface area contributed by atoms with E-state index in [-0.39, 0.29) is 11.0 Å². The summed E-state index contributed by atoms with van der Waals surface area (Å²) in [5.41, 5.74) is 2.93. The van der Waals surface area contributed by atoms with Gasteiger partial charge in [-0.25, -0.2) is 0 Å². The molecule has 0 radical (unpaired) electrons. The highest BCUT2D eigenvalue weighted by Gasteiger charge is 2.24. The van der Waals surface area contributed by atoms with Gasteiger partial charge in [0.15, 0.2) is 0 Å². The van der Waals surface area contributed by atoms with E-state index in [1.807, 2.05) is 10.8 Å². The quantitative estimate of drug-likeness (QED) is 0.805. The standard InChI is InChI=1S/C16H25N3/c1-8-14-12(11-19(18-14)16(5,6)7)13(9-10-17)15(2,3)4/h8-11,17H,1H2,2-7H3/b13-9+,17-10?. The van der Waals surface area contributed by atoms with Crippen molar-refractivity contribution in [2.24, 2.45) is 5.41 Å². The van der Waals surface area contributed by atoms with Crippen molar-refractivity contribution < 1.29 is 0 Å². The minimum absolute atomic E-state index is 0.0406. The Morgan fingerprint density at radius 2 is 1.84 bits per heavy atom. The first-order valence-electron chi connectivity index (χ1n) is 6.55. The Bertz CT molecular complexity index is 505. The Labute approximate surface area is 116 Å². The van der Waals surface area contributed by atoms with Gasteiger partial charge < -0.3 is 5.41 Å². The van der Waals surface area contributed by atoms with Crippen LogP contribution in [0.25, 0.3) is 11.6 Å². The molecule has 1 aromatic heterocycles. The third kappa shape index (κ3) is 3.43. The highest BCUT2D eigenvalue weighted by molar-refractivity contribution is 5.86. The Hall–Kier alpha value is -1.64. The van der Waals surface area contributed by atoms with Crippen molar-refractivity contribution >= 4 is 17.9 Å².